The first-order valence-electron chi connectivity index (χ1n) is 7.73. The molecule has 1 aromatic rings. The number of amides is 2. The van der Waals surface area contributed by atoms with Gasteiger partial charge in [0.1, 0.15) is 12.2 Å². The Balaban J connectivity index is 2.04. The maximum Gasteiger partial charge on any atom is 0.417 e. The molecular formula is C18H21NO5. The zero-order chi connectivity index (χ0) is 17.7. The first-order chi connectivity index (χ1) is 11.3. The summed E-state index contributed by atoms with van der Waals surface area (Å²) in [5.41, 5.74) is -0.303. The zero-order valence-electron chi connectivity index (χ0n) is 14.0. The van der Waals surface area contributed by atoms with Crippen LogP contribution in [0.3, 0.4) is 0 Å². The van der Waals surface area contributed by atoms with Crippen LogP contribution in [0.5, 0.6) is 0 Å². The fraction of sp³-hybridized carbons (Fsp3) is 0.389. The molecule has 128 valence electrons. The molecule has 24 heavy (non-hydrogen) atoms. The molecule has 1 aliphatic rings. The van der Waals surface area contributed by atoms with Gasteiger partial charge in [-0.05, 0) is 45.4 Å². The van der Waals surface area contributed by atoms with Crippen LogP contribution in [0.15, 0.2) is 42.5 Å². The van der Waals surface area contributed by atoms with E-state index in [0.717, 1.165) is 4.90 Å². The quantitative estimate of drug-likeness (QED) is 0.796. The number of ether oxygens (including phenoxy) is 2. The minimum Gasteiger partial charge on any atom is -0.460 e. The molecule has 2 amide bonds. The van der Waals surface area contributed by atoms with Crippen molar-refractivity contribution >= 4 is 18.0 Å². The highest BCUT2D eigenvalue weighted by Gasteiger charge is 2.34. The van der Waals surface area contributed by atoms with Crippen molar-refractivity contribution in [1.82, 2.24) is 4.90 Å². The smallest absolute Gasteiger partial charge is 0.417 e. The first-order valence-corrected chi connectivity index (χ1v) is 7.73. The molecule has 0 aromatic heterocycles. The molecule has 0 saturated heterocycles. The summed E-state index contributed by atoms with van der Waals surface area (Å²) in [6.07, 6.45) is 2.65. The standard InChI is InChI=1S/C18H21NO5/c1-18(2,3)24-17(22)19-14(10-7-11-15(19)20)12-23-16(21)13-8-5-4-6-9-13/h4-9,11,14H,10,12H2,1-3H3/t14-/m0/s1. The predicted octanol–water partition coefficient (Wildman–Crippen LogP) is 2.94. The van der Waals surface area contributed by atoms with Crippen LogP contribution >= 0.6 is 0 Å². The number of carbonyl (C=O) groups excluding carboxylic acids is 3. The third-order valence-corrected chi connectivity index (χ3v) is 3.28. The van der Waals surface area contributed by atoms with Gasteiger partial charge < -0.3 is 9.47 Å². The molecule has 1 atom stereocenters. The van der Waals surface area contributed by atoms with Crippen LogP contribution in [0, 0.1) is 0 Å². The van der Waals surface area contributed by atoms with Crippen molar-refractivity contribution < 1.29 is 23.9 Å². The van der Waals surface area contributed by atoms with Gasteiger partial charge in [-0.3, -0.25) is 4.79 Å². The Morgan fingerprint density at radius 2 is 1.88 bits per heavy atom. The van der Waals surface area contributed by atoms with Crippen LogP contribution in [0.25, 0.3) is 0 Å². The van der Waals surface area contributed by atoms with Gasteiger partial charge >= 0.3 is 12.1 Å². The number of carbonyl (C=O) groups is 3. The molecule has 1 aromatic carbocycles. The number of hydrogen-bond acceptors (Lipinski definition) is 5. The Morgan fingerprint density at radius 3 is 2.50 bits per heavy atom. The lowest BCUT2D eigenvalue weighted by atomic mass is 10.1. The highest BCUT2D eigenvalue weighted by molar-refractivity contribution is 5.99. The van der Waals surface area contributed by atoms with Gasteiger partial charge in [0.15, 0.2) is 0 Å². The second-order valence-electron chi connectivity index (χ2n) is 6.44. The zero-order valence-corrected chi connectivity index (χ0v) is 14.0. The molecule has 6 nitrogen and oxygen atoms in total. The van der Waals surface area contributed by atoms with Crippen LogP contribution in [-0.2, 0) is 14.3 Å². The van der Waals surface area contributed by atoms with Gasteiger partial charge in [-0.25, -0.2) is 14.5 Å². The molecule has 0 aliphatic carbocycles. The highest BCUT2D eigenvalue weighted by atomic mass is 16.6. The van der Waals surface area contributed by atoms with E-state index in [1.54, 1.807) is 57.2 Å². The molecule has 0 N–H and O–H groups in total. The van der Waals surface area contributed by atoms with E-state index >= 15 is 0 Å². The van der Waals surface area contributed by atoms with Crippen LogP contribution in [-0.4, -0.2) is 41.1 Å². The Kier molecular flexibility index (Phi) is 5.39. The summed E-state index contributed by atoms with van der Waals surface area (Å²) in [6.45, 7) is 5.09. The van der Waals surface area contributed by atoms with Crippen molar-refractivity contribution in [3.63, 3.8) is 0 Å². The summed E-state index contributed by atoms with van der Waals surface area (Å²) in [6, 6.07) is 7.96. The molecular weight excluding hydrogens is 310 g/mol. The number of rotatable bonds is 3. The van der Waals surface area contributed by atoms with Gasteiger partial charge in [0.25, 0.3) is 5.91 Å². The van der Waals surface area contributed by atoms with E-state index in [1.165, 1.54) is 6.08 Å². The van der Waals surface area contributed by atoms with Gasteiger partial charge in [-0.1, -0.05) is 24.3 Å². The Hall–Kier alpha value is -2.63. The third-order valence-electron chi connectivity index (χ3n) is 3.28. The molecule has 1 aliphatic heterocycles. The minimum absolute atomic E-state index is 0.0803. The van der Waals surface area contributed by atoms with Crippen LogP contribution in [0.1, 0.15) is 37.6 Å². The van der Waals surface area contributed by atoms with Gasteiger partial charge in [0, 0.05) is 0 Å². The fourth-order valence-electron chi connectivity index (χ4n) is 2.21. The van der Waals surface area contributed by atoms with E-state index in [4.69, 9.17) is 9.47 Å². The van der Waals surface area contributed by atoms with Crippen molar-refractivity contribution in [2.24, 2.45) is 0 Å². The molecule has 0 bridgehead atoms. The monoisotopic (exact) mass is 331 g/mol. The molecule has 6 heteroatoms. The third kappa shape index (κ3) is 4.68. The van der Waals surface area contributed by atoms with Crippen molar-refractivity contribution in [3.05, 3.63) is 48.0 Å². The molecule has 0 fully saturated rings. The van der Waals surface area contributed by atoms with Crippen LogP contribution < -0.4 is 0 Å². The van der Waals surface area contributed by atoms with Crippen LogP contribution in [0.2, 0.25) is 0 Å². The highest BCUT2D eigenvalue weighted by Crippen LogP contribution is 2.18. The Morgan fingerprint density at radius 1 is 1.21 bits per heavy atom. The maximum atomic E-state index is 12.3. The summed E-state index contributed by atoms with van der Waals surface area (Å²) in [5.74, 6) is -0.974. The molecule has 0 unspecified atom stereocenters. The molecule has 2 rings (SSSR count). The lowest BCUT2D eigenvalue weighted by molar-refractivity contribution is -0.129. The largest absolute Gasteiger partial charge is 0.460 e. The molecule has 0 radical (unpaired) electrons. The predicted molar refractivity (Wildman–Crippen MR) is 87.3 cm³/mol. The SMILES string of the molecule is CC(C)(C)OC(=O)N1C(=O)C=CC[C@H]1COC(=O)c1ccccc1. The Labute approximate surface area is 141 Å². The van der Waals surface area contributed by atoms with E-state index < -0.39 is 29.6 Å². The number of nitrogens with zero attached hydrogens (tertiary/aromatic N) is 1. The number of hydrogen-bond donors (Lipinski definition) is 0. The minimum atomic E-state index is -0.738. The van der Waals surface area contributed by atoms with E-state index in [1.807, 2.05) is 0 Å². The number of esters is 1. The number of imide groups is 1. The average molecular weight is 331 g/mol. The molecule has 0 saturated carbocycles. The van der Waals surface area contributed by atoms with E-state index in [9.17, 15) is 14.4 Å². The summed E-state index contributed by atoms with van der Waals surface area (Å²) < 4.78 is 10.5. The van der Waals surface area contributed by atoms with Crippen molar-refractivity contribution in [1.29, 1.82) is 0 Å². The van der Waals surface area contributed by atoms with Gasteiger partial charge in [-0.2, -0.15) is 0 Å². The van der Waals surface area contributed by atoms with Crippen LogP contribution in [0.4, 0.5) is 4.79 Å². The first kappa shape index (κ1) is 17.7. The normalized spacial score (nSPS) is 17.5. The Bertz CT molecular complexity index is 645. The van der Waals surface area contributed by atoms with Gasteiger partial charge in [0.2, 0.25) is 0 Å². The molecule has 0 spiro atoms. The van der Waals surface area contributed by atoms with Crippen molar-refractivity contribution in [2.75, 3.05) is 6.61 Å². The summed E-state index contributed by atoms with van der Waals surface area (Å²) in [7, 11) is 0. The maximum absolute atomic E-state index is 12.3. The number of benzene rings is 1. The average Bonchev–Trinajstić information content (AvgIpc) is 2.51. The van der Waals surface area contributed by atoms with E-state index in [-0.39, 0.29) is 6.61 Å². The second-order valence-corrected chi connectivity index (χ2v) is 6.44. The molecule has 1 heterocycles. The van der Waals surface area contributed by atoms with E-state index in [2.05, 4.69) is 0 Å². The summed E-state index contributed by atoms with van der Waals surface area (Å²) in [5, 5.41) is 0. The van der Waals surface area contributed by atoms with Gasteiger partial charge in [0.05, 0.1) is 11.6 Å². The topological polar surface area (TPSA) is 72.9 Å². The lowest BCUT2D eigenvalue weighted by Gasteiger charge is -2.32. The summed E-state index contributed by atoms with van der Waals surface area (Å²) in [4.78, 5) is 37.3. The summed E-state index contributed by atoms with van der Waals surface area (Å²) >= 11 is 0. The van der Waals surface area contributed by atoms with Crippen molar-refractivity contribution in [2.45, 2.75) is 38.8 Å². The fourth-order valence-corrected chi connectivity index (χ4v) is 2.21. The lowest BCUT2D eigenvalue weighted by Crippen LogP contribution is -2.49. The van der Waals surface area contributed by atoms with Gasteiger partial charge in [-0.15, -0.1) is 0 Å². The second kappa shape index (κ2) is 7.29. The van der Waals surface area contributed by atoms with Crippen molar-refractivity contribution in [3.8, 4) is 0 Å². The van der Waals surface area contributed by atoms with E-state index in [0.29, 0.717) is 12.0 Å².